The van der Waals surface area contributed by atoms with E-state index in [1.807, 2.05) is 0 Å². The molecule has 0 unspecified atom stereocenters. The van der Waals surface area contributed by atoms with E-state index in [1.165, 1.54) is 0 Å². The second-order valence-corrected chi connectivity index (χ2v) is 6.06. The lowest BCUT2D eigenvalue weighted by Crippen LogP contribution is -2.24. The molecule has 2 heterocycles. The van der Waals surface area contributed by atoms with Crippen LogP contribution in [0.2, 0.25) is 0 Å². The quantitative estimate of drug-likeness (QED) is 0.758. The molecule has 0 fully saturated rings. The summed E-state index contributed by atoms with van der Waals surface area (Å²) in [5.74, 6) is 1.65. The van der Waals surface area contributed by atoms with E-state index in [1.54, 1.807) is 0 Å². The highest BCUT2D eigenvalue weighted by Crippen LogP contribution is 2.27. The van der Waals surface area contributed by atoms with Gasteiger partial charge in [0.15, 0.2) is 11.8 Å². The number of rotatable bonds is 3. The first-order chi connectivity index (χ1) is 7.83. The van der Waals surface area contributed by atoms with Crippen molar-refractivity contribution in [1.29, 1.82) is 0 Å². The molecular weight excluding hydrogens is 216 g/mol. The maximum Gasteiger partial charge on any atom is 0.196 e. The predicted octanol–water partition coefficient (Wildman–Crippen LogP) is 2.43. The van der Waals surface area contributed by atoms with Gasteiger partial charge in [-0.3, -0.25) is 0 Å². The van der Waals surface area contributed by atoms with Gasteiger partial charge in [-0.15, -0.1) is 0 Å². The minimum absolute atomic E-state index is 0.0820. The predicted molar refractivity (Wildman–Crippen MR) is 68.7 cm³/mol. The van der Waals surface area contributed by atoms with Gasteiger partial charge in [0, 0.05) is 0 Å². The van der Waals surface area contributed by atoms with E-state index in [2.05, 4.69) is 44.6 Å². The zero-order chi connectivity index (χ0) is 12.7. The Balaban J connectivity index is 2.19. The van der Waals surface area contributed by atoms with E-state index in [4.69, 9.17) is 9.47 Å². The van der Waals surface area contributed by atoms with Crippen LogP contribution in [0.5, 0.6) is 0 Å². The molecule has 0 amide bonds. The van der Waals surface area contributed by atoms with E-state index in [9.17, 15) is 0 Å². The second-order valence-electron chi connectivity index (χ2n) is 6.06. The van der Waals surface area contributed by atoms with Gasteiger partial charge >= 0.3 is 0 Å². The molecule has 2 rings (SSSR count). The van der Waals surface area contributed by atoms with Crippen LogP contribution in [0.4, 0.5) is 0 Å². The summed E-state index contributed by atoms with van der Waals surface area (Å²) in [6.45, 7) is 11.7. The second kappa shape index (κ2) is 4.00. The van der Waals surface area contributed by atoms with Crippen LogP contribution in [-0.2, 0) is 9.47 Å². The van der Waals surface area contributed by atoms with Crippen LogP contribution in [0.3, 0.4) is 0 Å². The lowest BCUT2D eigenvalue weighted by Gasteiger charge is -2.13. The van der Waals surface area contributed by atoms with Gasteiger partial charge in [-0.1, -0.05) is 6.92 Å². The molecule has 17 heavy (non-hydrogen) atoms. The fourth-order valence-corrected chi connectivity index (χ4v) is 2.04. The first-order valence-electron chi connectivity index (χ1n) is 6.28. The normalized spacial score (nSPS) is 25.3. The summed E-state index contributed by atoms with van der Waals surface area (Å²) in [7, 11) is 0. The van der Waals surface area contributed by atoms with Crippen LogP contribution in [0, 0.1) is 5.92 Å². The highest BCUT2D eigenvalue weighted by Gasteiger charge is 2.37. The standard InChI is InChI=1S/C13H22N2O2/c1-6-9(10-14-12(2,3)7-16-10)11-15-13(4,5)8-17-11/h9H,6-8H2,1-5H3. The zero-order valence-electron chi connectivity index (χ0n) is 11.4. The molecule has 4 nitrogen and oxygen atoms in total. The van der Waals surface area contributed by atoms with Crippen molar-refractivity contribution in [3.8, 4) is 0 Å². The smallest absolute Gasteiger partial charge is 0.196 e. The Kier molecular flexibility index (Phi) is 2.92. The van der Waals surface area contributed by atoms with Gasteiger partial charge in [-0.05, 0) is 34.1 Å². The minimum atomic E-state index is -0.114. The highest BCUT2D eigenvalue weighted by molar-refractivity contribution is 6.01. The van der Waals surface area contributed by atoms with Crippen LogP contribution >= 0.6 is 0 Å². The molecule has 0 bridgehead atoms. The summed E-state index contributed by atoms with van der Waals surface area (Å²) >= 11 is 0. The monoisotopic (exact) mass is 238 g/mol. The summed E-state index contributed by atoms with van der Waals surface area (Å²) in [6.07, 6.45) is 0.907. The van der Waals surface area contributed by atoms with Crippen LogP contribution < -0.4 is 0 Å². The molecular formula is C13H22N2O2. The Labute approximate surface area is 103 Å². The molecule has 0 N–H and O–H groups in total. The van der Waals surface area contributed by atoms with Crippen LogP contribution in [0.15, 0.2) is 9.98 Å². The molecule has 4 heteroatoms. The van der Waals surface area contributed by atoms with Crippen molar-refractivity contribution in [2.75, 3.05) is 13.2 Å². The largest absolute Gasteiger partial charge is 0.478 e. The van der Waals surface area contributed by atoms with Gasteiger partial charge in [-0.25, -0.2) is 9.98 Å². The maximum absolute atomic E-state index is 5.69. The SMILES string of the molecule is CCC(C1=NC(C)(C)CO1)C1=NC(C)(C)CO1. The third-order valence-corrected chi connectivity index (χ3v) is 2.98. The van der Waals surface area contributed by atoms with E-state index in [-0.39, 0.29) is 17.0 Å². The minimum Gasteiger partial charge on any atom is -0.478 e. The molecule has 0 radical (unpaired) electrons. The molecule has 96 valence electrons. The summed E-state index contributed by atoms with van der Waals surface area (Å²) in [5, 5.41) is 0. The summed E-state index contributed by atoms with van der Waals surface area (Å²) < 4.78 is 11.4. The van der Waals surface area contributed by atoms with Gasteiger partial charge in [0.25, 0.3) is 0 Å². The van der Waals surface area contributed by atoms with Crippen molar-refractivity contribution in [3.05, 3.63) is 0 Å². The van der Waals surface area contributed by atoms with Crippen molar-refractivity contribution in [2.24, 2.45) is 15.9 Å². The third-order valence-electron chi connectivity index (χ3n) is 2.98. The third kappa shape index (κ3) is 2.61. The van der Waals surface area contributed by atoms with Crippen LogP contribution in [0.1, 0.15) is 41.0 Å². The average molecular weight is 238 g/mol. The molecule has 0 saturated carbocycles. The van der Waals surface area contributed by atoms with Gasteiger partial charge < -0.3 is 9.47 Å². The number of ether oxygens (including phenoxy) is 2. The lowest BCUT2D eigenvalue weighted by atomic mass is 10.1. The summed E-state index contributed by atoms with van der Waals surface area (Å²) in [4.78, 5) is 9.24. The first-order valence-corrected chi connectivity index (χ1v) is 6.28. The molecule has 0 saturated heterocycles. The topological polar surface area (TPSA) is 43.2 Å². The molecule has 0 atom stereocenters. The molecule has 0 aromatic rings. The number of nitrogens with zero attached hydrogens (tertiary/aromatic N) is 2. The Morgan fingerprint density at radius 3 is 1.65 bits per heavy atom. The molecule has 2 aliphatic rings. The Morgan fingerprint density at radius 1 is 1.00 bits per heavy atom. The van der Waals surface area contributed by atoms with E-state index < -0.39 is 0 Å². The molecule has 2 aliphatic heterocycles. The van der Waals surface area contributed by atoms with Crippen molar-refractivity contribution >= 4 is 11.8 Å². The maximum atomic E-state index is 5.69. The first kappa shape index (κ1) is 12.4. The Bertz CT molecular complexity index is 336. The number of hydrogen-bond donors (Lipinski definition) is 0. The Morgan fingerprint density at radius 2 is 1.41 bits per heavy atom. The molecule has 0 aromatic heterocycles. The van der Waals surface area contributed by atoms with Crippen molar-refractivity contribution < 1.29 is 9.47 Å². The van der Waals surface area contributed by atoms with Crippen LogP contribution in [-0.4, -0.2) is 36.1 Å². The average Bonchev–Trinajstić information content (AvgIpc) is 2.72. The molecule has 0 spiro atoms. The van der Waals surface area contributed by atoms with Crippen LogP contribution in [0.25, 0.3) is 0 Å². The highest BCUT2D eigenvalue weighted by atomic mass is 16.5. The fraction of sp³-hybridized carbons (Fsp3) is 0.846. The van der Waals surface area contributed by atoms with Gasteiger partial charge in [-0.2, -0.15) is 0 Å². The summed E-state index contributed by atoms with van der Waals surface area (Å²) in [6, 6.07) is 0. The lowest BCUT2D eigenvalue weighted by molar-refractivity contribution is 0.253. The van der Waals surface area contributed by atoms with E-state index >= 15 is 0 Å². The Hall–Kier alpha value is -1.06. The number of aliphatic imine (C=N–C) groups is 2. The van der Waals surface area contributed by atoms with Gasteiger partial charge in [0.1, 0.15) is 19.1 Å². The van der Waals surface area contributed by atoms with Crippen molar-refractivity contribution in [1.82, 2.24) is 0 Å². The van der Waals surface area contributed by atoms with E-state index in [0.29, 0.717) is 13.2 Å². The molecule has 0 aliphatic carbocycles. The van der Waals surface area contributed by atoms with Gasteiger partial charge in [0.2, 0.25) is 0 Å². The fourth-order valence-electron chi connectivity index (χ4n) is 2.04. The van der Waals surface area contributed by atoms with Crippen molar-refractivity contribution in [2.45, 2.75) is 52.1 Å². The summed E-state index contributed by atoms with van der Waals surface area (Å²) in [5.41, 5.74) is -0.227. The zero-order valence-corrected chi connectivity index (χ0v) is 11.4. The van der Waals surface area contributed by atoms with E-state index in [0.717, 1.165) is 18.2 Å². The van der Waals surface area contributed by atoms with Crippen molar-refractivity contribution in [3.63, 3.8) is 0 Å². The molecule has 0 aromatic carbocycles. The number of hydrogen-bond acceptors (Lipinski definition) is 4. The van der Waals surface area contributed by atoms with Gasteiger partial charge in [0.05, 0.1) is 11.1 Å².